The van der Waals surface area contributed by atoms with Crippen LogP contribution in [0.25, 0.3) is 0 Å². The number of anilines is 1. The lowest BCUT2D eigenvalue weighted by Crippen LogP contribution is -3.16. The Balaban J connectivity index is 1.80. The number of amides is 2. The van der Waals surface area contributed by atoms with Gasteiger partial charge < -0.3 is 20.3 Å². The molecule has 0 aliphatic carbocycles. The summed E-state index contributed by atoms with van der Waals surface area (Å²) in [4.78, 5) is 24.7. The quantitative estimate of drug-likeness (QED) is 0.640. The Morgan fingerprint density at radius 3 is 2.40 bits per heavy atom. The summed E-state index contributed by atoms with van der Waals surface area (Å²) in [5.41, 5.74) is -0.486. The Hall–Kier alpha value is -2.13. The van der Waals surface area contributed by atoms with Crippen LogP contribution >= 0.6 is 0 Å². The molecule has 2 rings (SSSR count). The minimum Gasteiger partial charge on any atom is -0.364 e. The van der Waals surface area contributed by atoms with Gasteiger partial charge in [-0.2, -0.15) is 0 Å². The Labute approximate surface area is 143 Å². The van der Waals surface area contributed by atoms with Crippen molar-refractivity contribution in [3.8, 4) is 0 Å². The van der Waals surface area contributed by atoms with Crippen LogP contribution in [0.5, 0.6) is 0 Å². The first-order valence-corrected chi connectivity index (χ1v) is 7.95. The van der Waals surface area contributed by atoms with Gasteiger partial charge in [0.15, 0.2) is 24.0 Å². The van der Waals surface area contributed by atoms with Gasteiger partial charge in [0.1, 0.15) is 25.3 Å². The van der Waals surface area contributed by atoms with Gasteiger partial charge >= 0.3 is 0 Å². The normalized spacial score (nSPS) is 23.2. The van der Waals surface area contributed by atoms with Gasteiger partial charge in [-0.05, 0) is 26.0 Å². The maximum absolute atomic E-state index is 13.5. The number of quaternary nitrogens is 1. The van der Waals surface area contributed by atoms with Crippen molar-refractivity contribution in [1.29, 1.82) is 0 Å². The Morgan fingerprint density at radius 1 is 1.12 bits per heavy atom. The number of morpholine rings is 1. The molecule has 1 aromatic carbocycles. The van der Waals surface area contributed by atoms with Crippen LogP contribution in [0, 0.1) is 17.5 Å². The minimum atomic E-state index is -1.67. The topological polar surface area (TPSA) is 71.9 Å². The molecule has 1 aromatic rings. The highest BCUT2D eigenvalue weighted by Crippen LogP contribution is 2.19. The predicted molar refractivity (Wildman–Crippen MR) is 83.5 cm³/mol. The maximum atomic E-state index is 13.5. The van der Waals surface area contributed by atoms with Crippen LogP contribution in [-0.4, -0.2) is 50.2 Å². The second kappa shape index (κ2) is 8.30. The van der Waals surface area contributed by atoms with Crippen molar-refractivity contribution in [3.63, 3.8) is 0 Å². The summed E-state index contributed by atoms with van der Waals surface area (Å²) < 4.78 is 45.0. The maximum Gasteiger partial charge on any atom is 0.275 e. The second-order valence-corrected chi connectivity index (χ2v) is 6.14. The van der Waals surface area contributed by atoms with Gasteiger partial charge in [0.25, 0.3) is 5.91 Å². The van der Waals surface area contributed by atoms with E-state index in [4.69, 9.17) is 4.74 Å². The SMILES string of the molecule is C[C@@H]1C[NH+](CC(=O)NCC(=O)Nc2ccc(F)c(F)c2F)C[C@@H](C)O1. The molecule has 0 unspecified atom stereocenters. The minimum absolute atomic E-state index is 0.0474. The lowest BCUT2D eigenvalue weighted by atomic mass is 10.2. The molecule has 0 bridgehead atoms. The van der Waals surface area contributed by atoms with Gasteiger partial charge in [0, 0.05) is 0 Å². The van der Waals surface area contributed by atoms with E-state index in [0.717, 1.165) is 11.0 Å². The van der Waals surface area contributed by atoms with Gasteiger partial charge in [0.2, 0.25) is 5.91 Å². The molecule has 6 nitrogen and oxygen atoms in total. The number of carbonyl (C=O) groups excluding carboxylic acids is 2. The molecular weight excluding hydrogens is 339 g/mol. The second-order valence-electron chi connectivity index (χ2n) is 6.14. The molecule has 25 heavy (non-hydrogen) atoms. The van der Waals surface area contributed by atoms with E-state index in [9.17, 15) is 22.8 Å². The molecule has 0 spiro atoms. The molecule has 1 fully saturated rings. The largest absolute Gasteiger partial charge is 0.364 e. The smallest absolute Gasteiger partial charge is 0.275 e. The highest BCUT2D eigenvalue weighted by atomic mass is 19.2. The molecule has 1 aliphatic rings. The van der Waals surface area contributed by atoms with Crippen molar-refractivity contribution in [2.45, 2.75) is 26.1 Å². The van der Waals surface area contributed by atoms with Crippen molar-refractivity contribution in [3.05, 3.63) is 29.6 Å². The van der Waals surface area contributed by atoms with Crippen LogP contribution in [0.4, 0.5) is 18.9 Å². The summed E-state index contributed by atoms with van der Waals surface area (Å²) in [7, 11) is 0. The summed E-state index contributed by atoms with van der Waals surface area (Å²) >= 11 is 0. The van der Waals surface area contributed by atoms with Crippen molar-refractivity contribution < 1.29 is 32.4 Å². The summed E-state index contributed by atoms with van der Waals surface area (Å²) in [6.07, 6.45) is 0.0948. The molecular formula is C16H21F3N3O3+. The van der Waals surface area contributed by atoms with E-state index in [-0.39, 0.29) is 24.7 Å². The van der Waals surface area contributed by atoms with Crippen LogP contribution in [0.15, 0.2) is 12.1 Å². The van der Waals surface area contributed by atoms with E-state index in [1.807, 2.05) is 13.8 Å². The molecule has 3 N–H and O–H groups in total. The fourth-order valence-corrected chi connectivity index (χ4v) is 2.82. The van der Waals surface area contributed by atoms with Crippen molar-refractivity contribution >= 4 is 17.5 Å². The third-order valence-corrected chi connectivity index (χ3v) is 3.78. The fraction of sp³-hybridized carbons (Fsp3) is 0.500. The molecule has 0 saturated carbocycles. The summed E-state index contributed by atoms with van der Waals surface area (Å²) in [6.45, 7) is 5.01. The van der Waals surface area contributed by atoms with Crippen LogP contribution in [0.1, 0.15) is 13.8 Å². The number of hydrogen-bond donors (Lipinski definition) is 3. The highest BCUT2D eigenvalue weighted by molar-refractivity contribution is 5.94. The molecule has 138 valence electrons. The summed E-state index contributed by atoms with van der Waals surface area (Å²) in [5, 5.41) is 4.51. The zero-order valence-electron chi connectivity index (χ0n) is 14.0. The average molecular weight is 360 g/mol. The number of rotatable bonds is 5. The lowest BCUT2D eigenvalue weighted by Gasteiger charge is -2.31. The van der Waals surface area contributed by atoms with E-state index in [2.05, 4.69) is 10.6 Å². The van der Waals surface area contributed by atoms with Gasteiger partial charge in [-0.15, -0.1) is 0 Å². The van der Waals surface area contributed by atoms with Gasteiger partial charge in [0.05, 0.1) is 12.2 Å². The van der Waals surface area contributed by atoms with E-state index in [1.54, 1.807) is 0 Å². The van der Waals surface area contributed by atoms with Crippen LogP contribution in [-0.2, 0) is 14.3 Å². The molecule has 2 amide bonds. The van der Waals surface area contributed by atoms with Crippen molar-refractivity contribution in [2.24, 2.45) is 0 Å². The van der Waals surface area contributed by atoms with Crippen LogP contribution in [0.3, 0.4) is 0 Å². The number of benzene rings is 1. The van der Waals surface area contributed by atoms with Crippen LogP contribution in [0.2, 0.25) is 0 Å². The monoisotopic (exact) mass is 360 g/mol. The fourth-order valence-electron chi connectivity index (χ4n) is 2.82. The molecule has 1 saturated heterocycles. The number of carbonyl (C=O) groups is 2. The third kappa shape index (κ3) is 5.43. The first-order chi connectivity index (χ1) is 11.8. The Morgan fingerprint density at radius 2 is 1.76 bits per heavy atom. The van der Waals surface area contributed by atoms with E-state index in [1.165, 1.54) is 0 Å². The zero-order chi connectivity index (χ0) is 18.6. The predicted octanol–water partition coefficient (Wildman–Crippen LogP) is -0.149. The van der Waals surface area contributed by atoms with Crippen LogP contribution < -0.4 is 15.5 Å². The highest BCUT2D eigenvalue weighted by Gasteiger charge is 2.27. The standard InChI is InChI=1S/C16H20F3N3O3/c1-9-6-22(7-10(2)25-9)8-14(24)20-5-13(23)21-12-4-3-11(17)15(18)16(12)19/h3-4,9-10H,5-8H2,1-2H3,(H,20,24)(H,21,23)/p+1/t9-,10-/m1/s1. The molecule has 9 heteroatoms. The van der Waals surface area contributed by atoms with E-state index in [0.29, 0.717) is 19.2 Å². The van der Waals surface area contributed by atoms with Gasteiger partial charge in [-0.3, -0.25) is 9.59 Å². The average Bonchev–Trinajstić information content (AvgIpc) is 2.52. The number of ether oxygens (including phenoxy) is 1. The Kier molecular flexibility index (Phi) is 6.38. The summed E-state index contributed by atoms with van der Waals surface area (Å²) in [6, 6.07) is 1.62. The molecule has 0 radical (unpaired) electrons. The number of nitrogens with one attached hydrogen (secondary N) is 3. The first-order valence-electron chi connectivity index (χ1n) is 7.95. The summed E-state index contributed by atoms with van der Waals surface area (Å²) in [5.74, 6) is -5.57. The molecule has 0 aromatic heterocycles. The van der Waals surface area contributed by atoms with E-state index >= 15 is 0 Å². The molecule has 2 atom stereocenters. The molecule has 1 heterocycles. The number of hydrogen-bond acceptors (Lipinski definition) is 3. The van der Waals surface area contributed by atoms with Gasteiger partial charge in [-0.1, -0.05) is 0 Å². The molecule has 1 aliphatic heterocycles. The lowest BCUT2D eigenvalue weighted by molar-refractivity contribution is -0.907. The van der Waals surface area contributed by atoms with Crippen molar-refractivity contribution in [2.75, 3.05) is 31.5 Å². The van der Waals surface area contributed by atoms with E-state index < -0.39 is 35.6 Å². The zero-order valence-corrected chi connectivity index (χ0v) is 14.0. The number of halogens is 3. The first kappa shape index (κ1) is 19.2. The Bertz CT molecular complexity index is 647. The van der Waals surface area contributed by atoms with Gasteiger partial charge in [-0.25, -0.2) is 13.2 Å². The van der Waals surface area contributed by atoms with Crippen molar-refractivity contribution in [1.82, 2.24) is 5.32 Å². The third-order valence-electron chi connectivity index (χ3n) is 3.78.